The molecular weight excluding hydrogens is 256 g/mol. The fourth-order valence-corrected chi connectivity index (χ4v) is 2.65. The number of carbonyl (C=O) groups is 1. The molecule has 6 nitrogen and oxygen atoms in total. The van der Waals surface area contributed by atoms with E-state index in [-0.39, 0.29) is 0 Å². The minimum atomic E-state index is -0.794. The van der Waals surface area contributed by atoms with Crippen molar-refractivity contribution in [1.82, 2.24) is 15.0 Å². The van der Waals surface area contributed by atoms with Crippen molar-refractivity contribution in [2.75, 3.05) is 11.4 Å². The van der Waals surface area contributed by atoms with Crippen LogP contribution in [0.3, 0.4) is 0 Å². The zero-order valence-electron chi connectivity index (χ0n) is 11.2. The monoisotopic (exact) mass is 272 g/mol. The summed E-state index contributed by atoms with van der Waals surface area (Å²) in [6.45, 7) is 2.80. The molecule has 1 aliphatic heterocycles. The molecule has 0 amide bonds. The molecule has 1 aliphatic rings. The molecule has 0 radical (unpaired) electrons. The van der Waals surface area contributed by atoms with Crippen molar-refractivity contribution in [2.45, 2.75) is 25.8 Å². The number of aromatic nitrogens is 3. The normalized spacial score (nSPS) is 22.9. The summed E-state index contributed by atoms with van der Waals surface area (Å²) in [5.41, 5.74) is 1.27. The number of hydrogen-bond donors (Lipinski definition) is 1. The zero-order valence-corrected chi connectivity index (χ0v) is 11.2. The molecular formula is C14H16N4O2. The number of hydrogen-bond acceptors (Lipinski definition) is 5. The molecule has 0 aliphatic carbocycles. The van der Waals surface area contributed by atoms with Gasteiger partial charge in [-0.3, -0.25) is 4.98 Å². The topological polar surface area (TPSA) is 79.2 Å². The van der Waals surface area contributed by atoms with E-state index in [4.69, 9.17) is 0 Å². The van der Waals surface area contributed by atoms with Crippen molar-refractivity contribution in [3.05, 3.63) is 24.5 Å². The SMILES string of the molecule is CC1CCN(c2ccc3nccnc3n2)C(C(=O)O)C1. The molecule has 1 N–H and O–H groups in total. The number of anilines is 1. The van der Waals surface area contributed by atoms with Gasteiger partial charge in [-0.2, -0.15) is 0 Å². The molecule has 1 saturated heterocycles. The van der Waals surface area contributed by atoms with Gasteiger partial charge < -0.3 is 10.0 Å². The van der Waals surface area contributed by atoms with Crippen LogP contribution in [0.5, 0.6) is 0 Å². The smallest absolute Gasteiger partial charge is 0.326 e. The first-order valence-electron chi connectivity index (χ1n) is 6.72. The summed E-state index contributed by atoms with van der Waals surface area (Å²) >= 11 is 0. The molecule has 0 saturated carbocycles. The van der Waals surface area contributed by atoms with Crippen molar-refractivity contribution in [2.24, 2.45) is 5.92 Å². The highest BCUT2D eigenvalue weighted by molar-refractivity contribution is 5.79. The van der Waals surface area contributed by atoms with E-state index >= 15 is 0 Å². The van der Waals surface area contributed by atoms with Gasteiger partial charge in [-0.15, -0.1) is 0 Å². The van der Waals surface area contributed by atoms with E-state index in [9.17, 15) is 9.90 Å². The first-order chi connectivity index (χ1) is 9.65. The van der Waals surface area contributed by atoms with Crippen LogP contribution in [-0.4, -0.2) is 38.6 Å². The standard InChI is InChI=1S/C14H16N4O2/c1-9-4-7-18(11(8-9)14(19)20)12-3-2-10-13(17-12)16-6-5-15-10/h2-3,5-6,9,11H,4,7-8H2,1H3,(H,19,20). The predicted molar refractivity (Wildman–Crippen MR) is 74.5 cm³/mol. The molecule has 6 heteroatoms. The van der Waals surface area contributed by atoms with E-state index < -0.39 is 12.0 Å². The van der Waals surface area contributed by atoms with E-state index in [1.807, 2.05) is 17.0 Å². The Morgan fingerprint density at radius 2 is 2.15 bits per heavy atom. The molecule has 2 unspecified atom stereocenters. The van der Waals surface area contributed by atoms with Crippen LogP contribution < -0.4 is 4.90 Å². The number of rotatable bonds is 2. The fraction of sp³-hybridized carbons (Fsp3) is 0.429. The highest BCUT2D eigenvalue weighted by Crippen LogP contribution is 2.27. The fourth-order valence-electron chi connectivity index (χ4n) is 2.65. The van der Waals surface area contributed by atoms with Gasteiger partial charge in [0.1, 0.15) is 17.4 Å². The predicted octanol–water partition coefficient (Wildman–Crippen LogP) is 1.71. The highest BCUT2D eigenvalue weighted by atomic mass is 16.4. The molecule has 2 aromatic heterocycles. The minimum absolute atomic E-state index is 0.424. The Morgan fingerprint density at radius 3 is 2.95 bits per heavy atom. The van der Waals surface area contributed by atoms with E-state index in [0.29, 0.717) is 35.9 Å². The van der Waals surface area contributed by atoms with Crippen LogP contribution >= 0.6 is 0 Å². The van der Waals surface area contributed by atoms with Gasteiger partial charge in [-0.25, -0.2) is 14.8 Å². The molecule has 0 aromatic carbocycles. The quantitative estimate of drug-likeness (QED) is 0.896. The number of piperidine rings is 1. The third-order valence-electron chi connectivity index (χ3n) is 3.76. The van der Waals surface area contributed by atoms with Crippen molar-refractivity contribution in [3.63, 3.8) is 0 Å². The summed E-state index contributed by atoms with van der Waals surface area (Å²) in [4.78, 5) is 26.1. The summed E-state index contributed by atoms with van der Waals surface area (Å²) in [6, 6.07) is 3.14. The molecule has 104 valence electrons. The third-order valence-corrected chi connectivity index (χ3v) is 3.76. The van der Waals surface area contributed by atoms with Crippen LogP contribution in [0, 0.1) is 5.92 Å². The third kappa shape index (κ3) is 2.29. The van der Waals surface area contributed by atoms with Gasteiger partial charge in [0.15, 0.2) is 5.65 Å². The second kappa shape index (κ2) is 5.03. The Kier molecular flexibility index (Phi) is 3.22. The Hall–Kier alpha value is -2.24. The molecule has 2 aromatic rings. The maximum Gasteiger partial charge on any atom is 0.326 e. The number of nitrogens with zero attached hydrogens (tertiary/aromatic N) is 4. The second-order valence-electron chi connectivity index (χ2n) is 5.25. The van der Waals surface area contributed by atoms with Crippen molar-refractivity contribution >= 4 is 23.0 Å². The molecule has 1 fully saturated rings. The lowest BCUT2D eigenvalue weighted by Crippen LogP contribution is -2.47. The lowest BCUT2D eigenvalue weighted by molar-refractivity contribution is -0.139. The average Bonchev–Trinajstić information content (AvgIpc) is 2.46. The first-order valence-corrected chi connectivity index (χ1v) is 6.72. The van der Waals surface area contributed by atoms with E-state index in [1.165, 1.54) is 0 Å². The average molecular weight is 272 g/mol. The molecule has 0 spiro atoms. The Bertz CT molecular complexity index is 646. The van der Waals surface area contributed by atoms with Crippen molar-refractivity contribution in [1.29, 1.82) is 0 Å². The van der Waals surface area contributed by atoms with Gasteiger partial charge in [0.2, 0.25) is 0 Å². The highest BCUT2D eigenvalue weighted by Gasteiger charge is 2.32. The number of carboxylic acids is 1. The van der Waals surface area contributed by atoms with E-state index in [0.717, 1.165) is 6.42 Å². The largest absolute Gasteiger partial charge is 0.480 e. The van der Waals surface area contributed by atoms with Gasteiger partial charge >= 0.3 is 5.97 Å². The molecule has 3 heterocycles. The number of aliphatic carboxylic acids is 1. The Labute approximate surface area is 116 Å². The molecule has 0 bridgehead atoms. The van der Waals surface area contributed by atoms with E-state index in [1.54, 1.807) is 12.4 Å². The maximum atomic E-state index is 11.4. The van der Waals surface area contributed by atoms with Gasteiger partial charge in [-0.05, 0) is 30.9 Å². The molecule has 20 heavy (non-hydrogen) atoms. The summed E-state index contributed by atoms with van der Waals surface area (Å²) in [5, 5.41) is 9.40. The van der Waals surface area contributed by atoms with Crippen LogP contribution in [-0.2, 0) is 4.79 Å². The number of pyridine rings is 1. The minimum Gasteiger partial charge on any atom is -0.480 e. The number of carboxylic acid groups (broad SMARTS) is 1. The lowest BCUT2D eigenvalue weighted by atomic mass is 9.92. The summed E-state index contributed by atoms with van der Waals surface area (Å²) in [5.74, 6) is 0.294. The van der Waals surface area contributed by atoms with E-state index in [2.05, 4.69) is 21.9 Å². The Balaban J connectivity index is 1.97. The second-order valence-corrected chi connectivity index (χ2v) is 5.25. The summed E-state index contributed by atoms with van der Waals surface area (Å²) in [7, 11) is 0. The van der Waals surface area contributed by atoms with Crippen LogP contribution in [0.2, 0.25) is 0 Å². The van der Waals surface area contributed by atoms with Crippen LogP contribution in [0.1, 0.15) is 19.8 Å². The van der Waals surface area contributed by atoms with Crippen LogP contribution in [0.4, 0.5) is 5.82 Å². The molecule has 2 atom stereocenters. The van der Waals surface area contributed by atoms with Crippen molar-refractivity contribution < 1.29 is 9.90 Å². The van der Waals surface area contributed by atoms with Gasteiger partial charge in [-0.1, -0.05) is 6.92 Å². The van der Waals surface area contributed by atoms with Crippen LogP contribution in [0.15, 0.2) is 24.5 Å². The zero-order chi connectivity index (χ0) is 14.1. The lowest BCUT2D eigenvalue weighted by Gasteiger charge is -2.36. The number of fused-ring (bicyclic) bond motifs is 1. The summed E-state index contributed by atoms with van der Waals surface area (Å²) in [6.07, 6.45) is 4.83. The van der Waals surface area contributed by atoms with Gasteiger partial charge in [0, 0.05) is 18.9 Å². The molecule has 3 rings (SSSR count). The Morgan fingerprint density at radius 1 is 1.35 bits per heavy atom. The summed E-state index contributed by atoms with van der Waals surface area (Å²) < 4.78 is 0. The van der Waals surface area contributed by atoms with Gasteiger partial charge in [0.05, 0.1) is 0 Å². The maximum absolute atomic E-state index is 11.4. The first kappa shape index (κ1) is 12.8. The van der Waals surface area contributed by atoms with Crippen molar-refractivity contribution in [3.8, 4) is 0 Å². The van der Waals surface area contributed by atoms with Gasteiger partial charge in [0.25, 0.3) is 0 Å². The van der Waals surface area contributed by atoms with Crippen LogP contribution in [0.25, 0.3) is 11.2 Å².